The Balaban J connectivity index is 1.65. The van der Waals surface area contributed by atoms with Gasteiger partial charge in [-0.15, -0.1) is 0 Å². The van der Waals surface area contributed by atoms with Gasteiger partial charge in [-0.3, -0.25) is 4.79 Å². The first-order valence-electron chi connectivity index (χ1n) is 7.91. The Morgan fingerprint density at radius 2 is 1.76 bits per heavy atom. The van der Waals surface area contributed by atoms with E-state index in [0.29, 0.717) is 35.8 Å². The smallest absolute Gasteiger partial charge is 0.338 e. The highest BCUT2D eigenvalue weighted by molar-refractivity contribution is 5.99. The maximum Gasteiger partial charge on any atom is 0.338 e. The highest BCUT2D eigenvalue weighted by atomic mass is 19.1. The van der Waals surface area contributed by atoms with Crippen LogP contribution in [0.4, 0.5) is 4.39 Å². The number of esters is 1. The zero-order chi connectivity index (χ0) is 17.8. The molecule has 5 nitrogen and oxygen atoms in total. The second-order valence-corrected chi connectivity index (χ2v) is 5.68. The molecule has 25 heavy (non-hydrogen) atoms. The van der Waals surface area contributed by atoms with Gasteiger partial charge in [-0.25, -0.2) is 9.18 Å². The molecule has 6 heteroatoms. The summed E-state index contributed by atoms with van der Waals surface area (Å²) in [6, 6.07) is 8.86. The maximum atomic E-state index is 13.5. The highest BCUT2D eigenvalue weighted by Crippen LogP contribution is 2.30. The summed E-state index contributed by atoms with van der Waals surface area (Å²) in [6.07, 6.45) is 0.767. The van der Waals surface area contributed by atoms with Gasteiger partial charge >= 0.3 is 5.97 Å². The SMILES string of the molecule is Cc1ccc(C(=O)OCC(=O)c2ccc3c(c2)OCCCO3)cc1F. The second-order valence-electron chi connectivity index (χ2n) is 5.68. The lowest BCUT2D eigenvalue weighted by atomic mass is 10.1. The summed E-state index contributed by atoms with van der Waals surface area (Å²) in [5.74, 6) is -0.543. The number of carbonyl (C=O) groups is 2. The predicted molar refractivity (Wildman–Crippen MR) is 87.8 cm³/mol. The number of benzene rings is 2. The number of Topliss-reactive ketones (excluding diaryl/α,β-unsaturated/α-hetero) is 1. The van der Waals surface area contributed by atoms with Crippen molar-refractivity contribution in [2.24, 2.45) is 0 Å². The molecule has 0 fully saturated rings. The lowest BCUT2D eigenvalue weighted by Crippen LogP contribution is -2.14. The number of ketones is 1. The molecule has 0 amide bonds. The van der Waals surface area contributed by atoms with Crippen LogP contribution in [0.2, 0.25) is 0 Å². The van der Waals surface area contributed by atoms with Crippen LogP contribution in [0.15, 0.2) is 36.4 Å². The van der Waals surface area contributed by atoms with Crippen molar-refractivity contribution < 1.29 is 28.2 Å². The van der Waals surface area contributed by atoms with Gasteiger partial charge in [0.2, 0.25) is 0 Å². The van der Waals surface area contributed by atoms with Gasteiger partial charge in [0, 0.05) is 12.0 Å². The summed E-state index contributed by atoms with van der Waals surface area (Å²) in [6.45, 7) is 2.23. The Morgan fingerprint density at radius 1 is 1.04 bits per heavy atom. The molecular weight excluding hydrogens is 327 g/mol. The molecule has 0 aromatic heterocycles. The molecule has 0 bridgehead atoms. The van der Waals surface area contributed by atoms with E-state index < -0.39 is 18.4 Å². The monoisotopic (exact) mass is 344 g/mol. The van der Waals surface area contributed by atoms with Crippen molar-refractivity contribution in [1.82, 2.24) is 0 Å². The van der Waals surface area contributed by atoms with Crippen LogP contribution < -0.4 is 9.47 Å². The van der Waals surface area contributed by atoms with Gasteiger partial charge in [0.1, 0.15) is 5.82 Å². The first-order valence-corrected chi connectivity index (χ1v) is 7.91. The third-order valence-electron chi connectivity index (χ3n) is 3.81. The fraction of sp³-hybridized carbons (Fsp3) is 0.263. The Kier molecular flexibility index (Phi) is 4.97. The standard InChI is InChI=1S/C19H17FO5/c1-12-3-4-14(9-15(12)20)19(22)25-11-16(21)13-5-6-17-18(10-13)24-8-2-7-23-17/h3-6,9-10H,2,7-8,11H2,1H3. The average Bonchev–Trinajstić information content (AvgIpc) is 2.86. The van der Waals surface area contributed by atoms with Gasteiger partial charge in [0.05, 0.1) is 18.8 Å². The number of hydrogen-bond donors (Lipinski definition) is 0. The molecule has 0 unspecified atom stereocenters. The molecule has 2 aromatic carbocycles. The first-order chi connectivity index (χ1) is 12.0. The summed E-state index contributed by atoms with van der Waals surface area (Å²) in [4.78, 5) is 24.2. The molecule has 1 aliphatic heterocycles. The highest BCUT2D eigenvalue weighted by Gasteiger charge is 2.16. The Morgan fingerprint density at radius 3 is 2.52 bits per heavy atom. The fourth-order valence-corrected chi connectivity index (χ4v) is 2.35. The number of ether oxygens (including phenoxy) is 3. The average molecular weight is 344 g/mol. The van der Waals surface area contributed by atoms with Crippen LogP contribution in [0, 0.1) is 12.7 Å². The van der Waals surface area contributed by atoms with Crippen molar-refractivity contribution in [2.45, 2.75) is 13.3 Å². The molecule has 0 atom stereocenters. The van der Waals surface area contributed by atoms with E-state index >= 15 is 0 Å². The van der Waals surface area contributed by atoms with Crippen molar-refractivity contribution >= 4 is 11.8 Å². The minimum absolute atomic E-state index is 0.0644. The van der Waals surface area contributed by atoms with Gasteiger partial charge in [0.15, 0.2) is 23.9 Å². The molecule has 130 valence electrons. The lowest BCUT2D eigenvalue weighted by molar-refractivity contribution is 0.0474. The molecule has 0 N–H and O–H groups in total. The molecule has 0 saturated heterocycles. The predicted octanol–water partition coefficient (Wildman–Crippen LogP) is 3.34. The Hall–Kier alpha value is -2.89. The normalized spacial score (nSPS) is 13.0. The van der Waals surface area contributed by atoms with Crippen LogP contribution in [-0.2, 0) is 4.74 Å². The molecule has 0 spiro atoms. The number of aryl methyl sites for hydroxylation is 1. The van der Waals surface area contributed by atoms with Crippen LogP contribution in [-0.4, -0.2) is 31.6 Å². The zero-order valence-corrected chi connectivity index (χ0v) is 13.7. The van der Waals surface area contributed by atoms with E-state index in [1.165, 1.54) is 12.1 Å². The van der Waals surface area contributed by atoms with Gasteiger partial charge in [-0.1, -0.05) is 6.07 Å². The van der Waals surface area contributed by atoms with Crippen LogP contribution in [0.25, 0.3) is 0 Å². The zero-order valence-electron chi connectivity index (χ0n) is 13.7. The molecule has 0 radical (unpaired) electrons. The Bertz CT molecular complexity index is 815. The van der Waals surface area contributed by atoms with Crippen molar-refractivity contribution in [3.8, 4) is 11.5 Å². The molecule has 0 aliphatic carbocycles. The van der Waals surface area contributed by atoms with E-state index in [0.717, 1.165) is 12.5 Å². The van der Waals surface area contributed by atoms with Crippen LogP contribution in [0.1, 0.15) is 32.7 Å². The molecular formula is C19H17FO5. The Labute approximate surface area is 144 Å². The lowest BCUT2D eigenvalue weighted by Gasteiger charge is -2.09. The maximum absolute atomic E-state index is 13.5. The van der Waals surface area contributed by atoms with Crippen LogP contribution in [0.5, 0.6) is 11.5 Å². The summed E-state index contributed by atoms with van der Waals surface area (Å²) in [5, 5.41) is 0. The summed E-state index contributed by atoms with van der Waals surface area (Å²) >= 11 is 0. The summed E-state index contributed by atoms with van der Waals surface area (Å²) in [5.41, 5.74) is 0.849. The minimum Gasteiger partial charge on any atom is -0.490 e. The van der Waals surface area contributed by atoms with Gasteiger partial charge in [0.25, 0.3) is 0 Å². The number of halogens is 1. The molecule has 2 aromatic rings. The van der Waals surface area contributed by atoms with E-state index in [1.807, 2.05) is 0 Å². The van der Waals surface area contributed by atoms with Crippen molar-refractivity contribution in [3.05, 3.63) is 58.9 Å². The largest absolute Gasteiger partial charge is 0.490 e. The molecule has 1 heterocycles. The van der Waals surface area contributed by atoms with Crippen molar-refractivity contribution in [1.29, 1.82) is 0 Å². The van der Waals surface area contributed by atoms with E-state index in [-0.39, 0.29) is 11.3 Å². The second kappa shape index (κ2) is 7.34. The van der Waals surface area contributed by atoms with Gasteiger partial charge < -0.3 is 14.2 Å². The number of rotatable bonds is 4. The minimum atomic E-state index is -0.749. The van der Waals surface area contributed by atoms with Crippen molar-refractivity contribution in [3.63, 3.8) is 0 Å². The quantitative estimate of drug-likeness (QED) is 0.629. The molecule has 1 aliphatic rings. The van der Waals surface area contributed by atoms with Gasteiger partial charge in [-0.2, -0.15) is 0 Å². The first kappa shape index (κ1) is 17.0. The molecule has 3 rings (SSSR count). The van der Waals surface area contributed by atoms with E-state index in [4.69, 9.17) is 14.2 Å². The van der Waals surface area contributed by atoms with Crippen LogP contribution in [0.3, 0.4) is 0 Å². The van der Waals surface area contributed by atoms with Crippen LogP contribution >= 0.6 is 0 Å². The summed E-state index contributed by atoms with van der Waals surface area (Å²) < 4.78 is 29.5. The number of carbonyl (C=O) groups excluding carboxylic acids is 2. The third kappa shape index (κ3) is 3.96. The van der Waals surface area contributed by atoms with Gasteiger partial charge in [-0.05, 0) is 42.8 Å². The van der Waals surface area contributed by atoms with Crippen molar-refractivity contribution in [2.75, 3.05) is 19.8 Å². The number of fused-ring (bicyclic) bond motifs is 1. The number of hydrogen-bond acceptors (Lipinski definition) is 5. The fourth-order valence-electron chi connectivity index (χ4n) is 2.35. The topological polar surface area (TPSA) is 61.8 Å². The van der Waals surface area contributed by atoms with E-state index in [9.17, 15) is 14.0 Å². The summed E-state index contributed by atoms with van der Waals surface area (Å²) in [7, 11) is 0. The third-order valence-corrected chi connectivity index (χ3v) is 3.81. The molecule has 0 saturated carbocycles. The van der Waals surface area contributed by atoms with E-state index in [1.54, 1.807) is 25.1 Å². The van der Waals surface area contributed by atoms with E-state index in [2.05, 4.69) is 0 Å².